The van der Waals surface area contributed by atoms with Gasteiger partial charge < -0.3 is 0 Å². The van der Waals surface area contributed by atoms with Gasteiger partial charge in [-0.05, 0) is 35.9 Å². The average Bonchev–Trinajstić information content (AvgIpc) is 3.37. The van der Waals surface area contributed by atoms with Crippen molar-refractivity contribution in [1.82, 2.24) is 14.7 Å². The number of hydrogen-bond acceptors (Lipinski definition) is 6. The molecule has 0 radical (unpaired) electrons. The Morgan fingerprint density at radius 2 is 1.65 bits per heavy atom. The van der Waals surface area contributed by atoms with E-state index in [9.17, 15) is 28.9 Å². The Kier molecular flexibility index (Phi) is 5.12. The largest absolute Gasteiger partial charge is 0.272 e. The highest BCUT2D eigenvalue weighted by Crippen LogP contribution is 2.32. The van der Waals surface area contributed by atoms with E-state index < -0.39 is 47.0 Å². The number of nitro groups is 1. The van der Waals surface area contributed by atoms with Crippen LogP contribution in [0.25, 0.3) is 0 Å². The summed E-state index contributed by atoms with van der Waals surface area (Å²) >= 11 is 0. The monoisotopic (exact) mass is 422 g/mol. The van der Waals surface area contributed by atoms with Crippen LogP contribution in [0.2, 0.25) is 0 Å². The third kappa shape index (κ3) is 3.59. The van der Waals surface area contributed by atoms with Crippen LogP contribution in [0.5, 0.6) is 0 Å². The predicted octanol–water partition coefficient (Wildman–Crippen LogP) is 2.39. The molecule has 0 fully saturated rings. The average molecular weight is 422 g/mol. The van der Waals surface area contributed by atoms with Crippen molar-refractivity contribution in [1.29, 1.82) is 0 Å². The van der Waals surface area contributed by atoms with Gasteiger partial charge >= 0.3 is 0 Å². The van der Waals surface area contributed by atoms with E-state index in [0.29, 0.717) is 0 Å². The summed E-state index contributed by atoms with van der Waals surface area (Å²) in [6, 6.07) is 10.9. The Balaban J connectivity index is 1.85. The maximum absolute atomic E-state index is 13.5. The molecule has 0 saturated carbocycles. The number of imide groups is 1. The summed E-state index contributed by atoms with van der Waals surface area (Å²) in [5.41, 5.74) is 0.417. The third-order valence-corrected chi connectivity index (χ3v) is 5.10. The molecule has 4 rings (SSSR count). The van der Waals surface area contributed by atoms with Crippen molar-refractivity contribution >= 4 is 17.7 Å². The van der Waals surface area contributed by atoms with Crippen molar-refractivity contribution in [2.24, 2.45) is 0 Å². The Morgan fingerprint density at radius 1 is 1.03 bits per heavy atom. The van der Waals surface area contributed by atoms with Crippen LogP contribution in [-0.2, 0) is 0 Å². The first-order valence-electron chi connectivity index (χ1n) is 9.26. The number of nitrogens with zero attached hydrogens (tertiary/aromatic N) is 4. The van der Waals surface area contributed by atoms with E-state index in [1.807, 2.05) is 0 Å². The quantitative estimate of drug-likeness (QED) is 0.342. The molecule has 2 amide bonds. The van der Waals surface area contributed by atoms with Crippen molar-refractivity contribution < 1.29 is 23.7 Å². The molecule has 0 bridgehead atoms. The normalized spacial score (nSPS) is 14.9. The van der Waals surface area contributed by atoms with Crippen molar-refractivity contribution in [3.63, 3.8) is 0 Å². The van der Waals surface area contributed by atoms with Crippen molar-refractivity contribution in [2.75, 3.05) is 6.54 Å². The van der Waals surface area contributed by atoms with Gasteiger partial charge in [0.2, 0.25) is 6.54 Å². The molecule has 1 aromatic heterocycles. The zero-order valence-corrected chi connectivity index (χ0v) is 15.9. The number of fused-ring (bicyclic) bond motifs is 1. The first-order valence-corrected chi connectivity index (χ1v) is 9.26. The van der Waals surface area contributed by atoms with Crippen molar-refractivity contribution in [3.8, 4) is 0 Å². The lowest BCUT2D eigenvalue weighted by molar-refractivity contribution is -0.485. The van der Waals surface area contributed by atoms with E-state index in [2.05, 4.69) is 5.10 Å². The summed E-state index contributed by atoms with van der Waals surface area (Å²) in [5.74, 6) is -4.06. The lowest BCUT2D eigenvalue weighted by Crippen LogP contribution is -2.50. The molecule has 156 valence electrons. The molecule has 2 heterocycles. The van der Waals surface area contributed by atoms with Gasteiger partial charge in [0.1, 0.15) is 11.9 Å². The summed E-state index contributed by atoms with van der Waals surface area (Å²) in [5, 5.41) is 15.4. The molecule has 0 N–H and O–H groups in total. The Labute approximate surface area is 174 Å². The number of carbonyl (C=O) groups excluding carboxylic acids is 3. The van der Waals surface area contributed by atoms with Gasteiger partial charge in [-0.25, -0.2) is 9.07 Å². The second-order valence-corrected chi connectivity index (χ2v) is 6.93. The van der Waals surface area contributed by atoms with Crippen LogP contribution < -0.4 is 0 Å². The first-order chi connectivity index (χ1) is 14.9. The van der Waals surface area contributed by atoms with Crippen LogP contribution in [0.15, 0.2) is 67.0 Å². The molecule has 10 heteroatoms. The molecule has 2 aromatic carbocycles. The van der Waals surface area contributed by atoms with Crippen LogP contribution in [0.4, 0.5) is 4.39 Å². The van der Waals surface area contributed by atoms with Crippen LogP contribution in [0.3, 0.4) is 0 Å². The summed E-state index contributed by atoms with van der Waals surface area (Å²) in [6.45, 7) is -0.874. The first kappa shape index (κ1) is 20.1. The molecule has 2 atom stereocenters. The fourth-order valence-electron chi connectivity index (χ4n) is 3.74. The molecular weight excluding hydrogens is 407 g/mol. The molecule has 1 aliphatic rings. The molecule has 9 nitrogen and oxygen atoms in total. The molecule has 31 heavy (non-hydrogen) atoms. The molecule has 0 saturated heterocycles. The number of rotatable bonds is 6. The lowest BCUT2D eigenvalue weighted by atomic mass is 9.89. The van der Waals surface area contributed by atoms with Crippen molar-refractivity contribution in [3.05, 3.63) is 99.6 Å². The number of hydrogen-bond donors (Lipinski definition) is 0. The highest BCUT2D eigenvalue weighted by Gasteiger charge is 2.47. The van der Waals surface area contributed by atoms with E-state index in [0.717, 1.165) is 21.7 Å². The number of amides is 2. The van der Waals surface area contributed by atoms with E-state index >= 15 is 0 Å². The molecule has 0 unspecified atom stereocenters. The van der Waals surface area contributed by atoms with Crippen LogP contribution in [-0.4, -0.2) is 49.9 Å². The fraction of sp³-hybridized carbons (Fsp3) is 0.143. The highest BCUT2D eigenvalue weighted by atomic mass is 19.1. The second kappa shape index (κ2) is 7.90. The zero-order valence-electron chi connectivity index (χ0n) is 15.9. The molecule has 1 aliphatic heterocycles. The van der Waals surface area contributed by atoms with Gasteiger partial charge in [-0.1, -0.05) is 24.3 Å². The van der Waals surface area contributed by atoms with Crippen LogP contribution in [0, 0.1) is 15.9 Å². The van der Waals surface area contributed by atoms with Crippen LogP contribution in [0.1, 0.15) is 37.0 Å². The Hall–Kier alpha value is -4.21. The smallest absolute Gasteiger partial charge is 0.262 e. The SMILES string of the molecule is O=C1c2ccccc2C(=O)N1[C@@H](C[N+](=O)[O-])[C@@H](C(=O)n1cccn1)c1ccc(F)cc1. The number of carbonyl (C=O) groups is 3. The number of benzene rings is 2. The minimum atomic E-state index is -1.45. The summed E-state index contributed by atoms with van der Waals surface area (Å²) in [6.07, 6.45) is 2.70. The molecule has 0 spiro atoms. The van der Waals surface area contributed by atoms with Gasteiger partial charge in [0, 0.05) is 17.3 Å². The molecular formula is C21H15FN4O5. The van der Waals surface area contributed by atoms with Gasteiger partial charge in [0.25, 0.3) is 17.7 Å². The number of aromatic nitrogens is 2. The van der Waals surface area contributed by atoms with E-state index in [1.165, 1.54) is 42.7 Å². The van der Waals surface area contributed by atoms with Crippen molar-refractivity contribution in [2.45, 2.75) is 12.0 Å². The van der Waals surface area contributed by atoms with Gasteiger partial charge in [0.15, 0.2) is 0 Å². The Bertz CT molecular complexity index is 1140. The maximum Gasteiger partial charge on any atom is 0.262 e. The highest BCUT2D eigenvalue weighted by molar-refractivity contribution is 6.21. The fourth-order valence-corrected chi connectivity index (χ4v) is 3.74. The maximum atomic E-state index is 13.5. The van der Waals surface area contributed by atoms with E-state index in [1.54, 1.807) is 12.1 Å². The van der Waals surface area contributed by atoms with Crippen LogP contribution >= 0.6 is 0 Å². The zero-order chi connectivity index (χ0) is 22.1. The second-order valence-electron chi connectivity index (χ2n) is 6.93. The minimum absolute atomic E-state index is 0.102. The number of halogens is 1. The summed E-state index contributed by atoms with van der Waals surface area (Å²) < 4.78 is 14.5. The van der Waals surface area contributed by atoms with E-state index in [4.69, 9.17) is 0 Å². The molecule has 0 aliphatic carbocycles. The summed E-state index contributed by atoms with van der Waals surface area (Å²) in [4.78, 5) is 50.9. The minimum Gasteiger partial charge on any atom is -0.272 e. The Morgan fingerprint density at radius 3 is 2.16 bits per heavy atom. The summed E-state index contributed by atoms with van der Waals surface area (Å²) in [7, 11) is 0. The standard InChI is InChI=1S/C21H15FN4O5/c22-14-8-6-13(7-9-14)18(21(29)24-11-3-10-23-24)17(12-25(30)31)26-19(27)15-4-1-2-5-16(15)20(26)28/h1-11,17-18H,12H2/t17-,18-/m0/s1. The van der Waals surface area contributed by atoms with Gasteiger partial charge in [-0.3, -0.25) is 29.4 Å². The van der Waals surface area contributed by atoms with Gasteiger partial charge in [0.05, 0.1) is 17.0 Å². The lowest BCUT2D eigenvalue weighted by Gasteiger charge is -2.29. The van der Waals surface area contributed by atoms with Gasteiger partial charge in [-0.2, -0.15) is 5.10 Å². The molecule has 3 aromatic rings. The van der Waals surface area contributed by atoms with Gasteiger partial charge in [-0.15, -0.1) is 0 Å². The van der Waals surface area contributed by atoms with E-state index in [-0.39, 0.29) is 16.7 Å². The topological polar surface area (TPSA) is 115 Å². The third-order valence-electron chi connectivity index (χ3n) is 5.10. The predicted molar refractivity (Wildman–Crippen MR) is 105 cm³/mol.